The van der Waals surface area contributed by atoms with E-state index in [1.54, 1.807) is 11.1 Å². The number of benzene rings is 2. The lowest BCUT2D eigenvalue weighted by atomic mass is 9.76. The van der Waals surface area contributed by atoms with Crippen molar-refractivity contribution in [3.05, 3.63) is 71.6 Å². The molecule has 39 heavy (non-hydrogen) atoms. The molecule has 2 saturated heterocycles. The fraction of sp³-hybridized carbons (Fsp3) is 0.419. The van der Waals surface area contributed by atoms with Gasteiger partial charge in [0.2, 0.25) is 0 Å². The van der Waals surface area contributed by atoms with Crippen LogP contribution in [-0.2, 0) is 11.8 Å². The number of thioether (sulfide) groups is 2. The van der Waals surface area contributed by atoms with Gasteiger partial charge in [0.05, 0.1) is 29.8 Å². The van der Waals surface area contributed by atoms with Crippen LogP contribution in [0.1, 0.15) is 66.3 Å². The molecule has 3 fully saturated rings. The highest BCUT2D eigenvalue weighted by atomic mass is 32.2. The van der Waals surface area contributed by atoms with Crippen molar-refractivity contribution in [2.75, 3.05) is 23.9 Å². The van der Waals surface area contributed by atoms with Crippen LogP contribution in [0.4, 0.5) is 0 Å². The molecule has 2 aliphatic heterocycles. The minimum absolute atomic E-state index is 0.279. The van der Waals surface area contributed by atoms with Gasteiger partial charge in [0.15, 0.2) is 0 Å². The fourth-order valence-corrected chi connectivity index (χ4v) is 9.25. The second kappa shape index (κ2) is 9.84. The van der Waals surface area contributed by atoms with E-state index < -0.39 is 0 Å². The Morgan fingerprint density at radius 2 is 1.56 bits per heavy atom. The van der Waals surface area contributed by atoms with Gasteiger partial charge in [-0.25, -0.2) is 9.97 Å². The summed E-state index contributed by atoms with van der Waals surface area (Å²) in [4.78, 5) is 16.7. The summed E-state index contributed by atoms with van der Waals surface area (Å²) in [5.74, 6) is 5.32. The molecule has 2 atom stereocenters. The Morgan fingerprint density at radius 1 is 0.795 bits per heavy atom. The first-order chi connectivity index (χ1) is 19.3. The van der Waals surface area contributed by atoms with Gasteiger partial charge < -0.3 is 9.97 Å². The first-order valence-electron chi connectivity index (χ1n) is 14.3. The molecule has 4 N–H and O–H groups in total. The molecule has 4 aliphatic rings. The molecular weight excluding hydrogens is 521 g/mol. The second-order valence-corrected chi connectivity index (χ2v) is 13.7. The molecule has 4 aromatic rings. The number of aromatic nitrogens is 4. The zero-order valence-electron chi connectivity index (χ0n) is 22.1. The second-order valence-electron chi connectivity index (χ2n) is 11.4. The van der Waals surface area contributed by atoms with Gasteiger partial charge in [-0.1, -0.05) is 49.2 Å². The molecule has 200 valence electrons. The number of aromatic amines is 2. The van der Waals surface area contributed by atoms with Crippen LogP contribution < -0.4 is 10.6 Å². The highest BCUT2D eigenvalue weighted by Gasteiger charge is 2.43. The van der Waals surface area contributed by atoms with Crippen LogP contribution in [0, 0.1) is 0 Å². The van der Waals surface area contributed by atoms with Gasteiger partial charge >= 0.3 is 0 Å². The summed E-state index contributed by atoms with van der Waals surface area (Å²) < 4.78 is 0. The van der Waals surface area contributed by atoms with Crippen LogP contribution in [-0.4, -0.2) is 43.9 Å². The summed E-state index contributed by atoms with van der Waals surface area (Å²) in [5, 5.41) is 7.34. The monoisotopic (exact) mass is 554 g/mol. The van der Waals surface area contributed by atoms with Crippen LogP contribution in [0.2, 0.25) is 0 Å². The van der Waals surface area contributed by atoms with Gasteiger partial charge in [0.25, 0.3) is 0 Å². The number of nitrogens with one attached hydrogen (secondary N) is 4. The van der Waals surface area contributed by atoms with E-state index in [4.69, 9.17) is 4.98 Å². The van der Waals surface area contributed by atoms with E-state index in [1.165, 1.54) is 60.1 Å². The molecule has 8 rings (SSSR count). The lowest BCUT2D eigenvalue weighted by Crippen LogP contribution is -2.19. The minimum Gasteiger partial charge on any atom is -0.341 e. The number of H-pyrrole nitrogens is 2. The van der Waals surface area contributed by atoms with Crippen LogP contribution in [0.3, 0.4) is 0 Å². The van der Waals surface area contributed by atoms with E-state index in [9.17, 15) is 0 Å². The van der Waals surface area contributed by atoms with E-state index in [-0.39, 0.29) is 5.37 Å². The summed E-state index contributed by atoms with van der Waals surface area (Å²) in [5.41, 5.74) is 11.0. The standard InChI is InChI=1S/C31H34N6S2/c1-2-11-31(10-1)12-9-23-22(25-16-33-28(37-25)26-17-38-18-35-26)8-7-21(27(23)31)19-3-5-20(6-4-19)24-15-34-29(36-24)30-32-13-14-39-30/h3-8,15-16,26,30,32,35H,1-2,9-14,17-18H2,(H,33,37)(H,34,36)/t26-,30-/m0/s1. The Balaban J connectivity index is 1.15. The molecule has 2 aromatic heterocycles. The largest absolute Gasteiger partial charge is 0.341 e. The molecule has 2 aliphatic carbocycles. The Labute approximate surface area is 238 Å². The predicted octanol–water partition coefficient (Wildman–Crippen LogP) is 6.56. The van der Waals surface area contributed by atoms with Crippen molar-refractivity contribution in [3.63, 3.8) is 0 Å². The quantitative estimate of drug-likeness (QED) is 0.224. The van der Waals surface area contributed by atoms with Gasteiger partial charge in [-0.2, -0.15) is 0 Å². The maximum Gasteiger partial charge on any atom is 0.134 e. The maximum atomic E-state index is 4.79. The SMILES string of the molecule is c1cc(-c2ccc(-c3cnc([C@@H]4CSCN4)[nH]3)c3c2C2(CCCC2)CC3)ccc1-c1cnc([C@H]2NCCS2)[nH]1. The molecule has 0 amide bonds. The molecule has 0 unspecified atom stereocenters. The normalized spacial score (nSPS) is 23.7. The van der Waals surface area contributed by atoms with Crippen molar-refractivity contribution in [2.45, 2.75) is 55.4 Å². The summed E-state index contributed by atoms with van der Waals surface area (Å²) in [7, 11) is 0. The zero-order chi connectivity index (χ0) is 25.8. The number of hydrogen-bond donors (Lipinski definition) is 4. The van der Waals surface area contributed by atoms with E-state index in [0.717, 1.165) is 47.7 Å². The number of hydrogen-bond acceptors (Lipinski definition) is 6. The molecule has 6 nitrogen and oxygen atoms in total. The average molecular weight is 555 g/mol. The van der Waals surface area contributed by atoms with Gasteiger partial charge in [0, 0.05) is 29.5 Å². The molecule has 8 heteroatoms. The minimum atomic E-state index is 0.279. The number of nitrogens with zero attached hydrogens (tertiary/aromatic N) is 2. The lowest BCUT2D eigenvalue weighted by molar-refractivity contribution is 0.440. The van der Waals surface area contributed by atoms with Crippen molar-refractivity contribution in [2.24, 2.45) is 0 Å². The number of rotatable bonds is 5. The molecular formula is C31H34N6S2. The van der Waals surface area contributed by atoms with Gasteiger partial charge in [-0.05, 0) is 58.9 Å². The van der Waals surface area contributed by atoms with Crippen LogP contribution in [0.15, 0.2) is 48.8 Å². The summed E-state index contributed by atoms with van der Waals surface area (Å²) in [6, 6.07) is 14.2. The van der Waals surface area contributed by atoms with Gasteiger partial charge in [-0.15, -0.1) is 23.5 Å². The van der Waals surface area contributed by atoms with Crippen molar-refractivity contribution in [1.82, 2.24) is 30.6 Å². The molecule has 0 radical (unpaired) electrons. The Hall–Kier alpha value is -2.52. The Morgan fingerprint density at radius 3 is 2.36 bits per heavy atom. The smallest absolute Gasteiger partial charge is 0.134 e. The Kier molecular flexibility index (Phi) is 6.13. The van der Waals surface area contributed by atoms with E-state index in [1.807, 2.05) is 29.7 Å². The topological polar surface area (TPSA) is 81.4 Å². The predicted molar refractivity (Wildman–Crippen MR) is 162 cm³/mol. The maximum absolute atomic E-state index is 4.79. The third-order valence-electron chi connectivity index (χ3n) is 9.26. The molecule has 0 bridgehead atoms. The first kappa shape index (κ1) is 24.3. The first-order valence-corrected chi connectivity index (χ1v) is 16.5. The number of imidazole rings is 2. The molecule has 2 aromatic carbocycles. The van der Waals surface area contributed by atoms with Crippen molar-refractivity contribution >= 4 is 23.5 Å². The number of fused-ring (bicyclic) bond motifs is 2. The van der Waals surface area contributed by atoms with Gasteiger partial charge in [-0.3, -0.25) is 10.6 Å². The van der Waals surface area contributed by atoms with Gasteiger partial charge in [0.1, 0.15) is 17.0 Å². The van der Waals surface area contributed by atoms with E-state index in [2.05, 4.69) is 68.2 Å². The third kappa shape index (κ3) is 4.19. The summed E-state index contributed by atoms with van der Waals surface area (Å²) in [6.45, 7) is 1.04. The van der Waals surface area contributed by atoms with Crippen LogP contribution >= 0.6 is 23.5 Å². The van der Waals surface area contributed by atoms with Crippen molar-refractivity contribution in [1.29, 1.82) is 0 Å². The average Bonchev–Trinajstić information content (AvgIpc) is 3.82. The molecule has 1 saturated carbocycles. The van der Waals surface area contributed by atoms with Crippen LogP contribution in [0.5, 0.6) is 0 Å². The molecule has 4 heterocycles. The Bertz CT molecular complexity index is 1490. The van der Waals surface area contributed by atoms with Crippen molar-refractivity contribution in [3.8, 4) is 33.6 Å². The third-order valence-corrected chi connectivity index (χ3v) is 11.4. The molecule has 1 spiro atoms. The van der Waals surface area contributed by atoms with E-state index >= 15 is 0 Å². The fourth-order valence-electron chi connectivity index (χ4n) is 7.32. The summed E-state index contributed by atoms with van der Waals surface area (Å²) >= 11 is 3.86. The zero-order valence-corrected chi connectivity index (χ0v) is 23.7. The highest BCUT2D eigenvalue weighted by Crippen LogP contribution is 2.55. The van der Waals surface area contributed by atoms with E-state index in [0.29, 0.717) is 11.5 Å². The van der Waals surface area contributed by atoms with Crippen LogP contribution in [0.25, 0.3) is 33.6 Å². The van der Waals surface area contributed by atoms with Crippen molar-refractivity contribution < 1.29 is 0 Å². The lowest BCUT2D eigenvalue weighted by Gasteiger charge is -2.28. The summed E-state index contributed by atoms with van der Waals surface area (Å²) in [6.07, 6.45) is 11.8. The highest BCUT2D eigenvalue weighted by molar-refractivity contribution is 7.99.